The van der Waals surface area contributed by atoms with Crippen LogP contribution in [0.25, 0.3) is 10.9 Å². The standard InChI is InChI=1S/C19H25N3O/c23-19(22-12-11-21-10-4-3-5-16(21)14-22)9-8-15-13-20-18-7-2-1-6-17(15)18/h1-2,6-7,13,16,20H,3-5,8-12,14H2/t16-/m1/s1. The highest BCUT2D eigenvalue weighted by Crippen LogP contribution is 2.23. The Morgan fingerprint density at radius 2 is 2.09 bits per heavy atom. The van der Waals surface area contributed by atoms with Gasteiger partial charge in [-0.05, 0) is 37.4 Å². The van der Waals surface area contributed by atoms with Crippen LogP contribution in [-0.2, 0) is 11.2 Å². The van der Waals surface area contributed by atoms with Crippen LogP contribution in [0.5, 0.6) is 0 Å². The molecule has 1 aromatic heterocycles. The average Bonchev–Trinajstić information content (AvgIpc) is 3.02. The van der Waals surface area contributed by atoms with E-state index < -0.39 is 0 Å². The van der Waals surface area contributed by atoms with Crippen molar-refractivity contribution in [3.05, 3.63) is 36.0 Å². The number of H-pyrrole nitrogens is 1. The van der Waals surface area contributed by atoms with Crippen LogP contribution in [-0.4, -0.2) is 52.9 Å². The van der Waals surface area contributed by atoms with Crippen LogP contribution >= 0.6 is 0 Å². The summed E-state index contributed by atoms with van der Waals surface area (Å²) in [5.41, 5.74) is 2.41. The summed E-state index contributed by atoms with van der Waals surface area (Å²) >= 11 is 0. The molecule has 0 unspecified atom stereocenters. The molecule has 4 heteroatoms. The number of nitrogens with zero attached hydrogens (tertiary/aromatic N) is 2. The predicted octanol–water partition coefficient (Wildman–Crippen LogP) is 2.80. The molecule has 3 heterocycles. The van der Waals surface area contributed by atoms with Crippen LogP contribution in [0.4, 0.5) is 0 Å². The molecule has 0 radical (unpaired) electrons. The van der Waals surface area contributed by atoms with Crippen molar-refractivity contribution in [2.24, 2.45) is 0 Å². The number of piperidine rings is 1. The van der Waals surface area contributed by atoms with Gasteiger partial charge in [0.1, 0.15) is 0 Å². The lowest BCUT2D eigenvalue weighted by atomic mass is 9.99. The van der Waals surface area contributed by atoms with Crippen molar-refractivity contribution in [2.45, 2.75) is 38.1 Å². The van der Waals surface area contributed by atoms with Gasteiger partial charge in [0.2, 0.25) is 5.91 Å². The highest BCUT2D eigenvalue weighted by molar-refractivity contribution is 5.84. The third-order valence-electron chi connectivity index (χ3n) is 5.47. The third kappa shape index (κ3) is 3.00. The molecule has 4 rings (SSSR count). The van der Waals surface area contributed by atoms with E-state index in [0.717, 1.165) is 31.6 Å². The van der Waals surface area contributed by atoms with Gasteiger partial charge in [-0.25, -0.2) is 0 Å². The van der Waals surface area contributed by atoms with Crippen molar-refractivity contribution in [3.63, 3.8) is 0 Å². The monoisotopic (exact) mass is 311 g/mol. The van der Waals surface area contributed by atoms with E-state index in [0.29, 0.717) is 18.4 Å². The molecule has 122 valence electrons. The number of aromatic amines is 1. The fraction of sp³-hybridized carbons (Fsp3) is 0.526. The summed E-state index contributed by atoms with van der Waals surface area (Å²) in [7, 11) is 0. The van der Waals surface area contributed by atoms with Gasteiger partial charge >= 0.3 is 0 Å². The molecular formula is C19H25N3O. The molecule has 0 spiro atoms. The summed E-state index contributed by atoms with van der Waals surface area (Å²) in [4.78, 5) is 20.6. The molecule has 2 aliphatic heterocycles. The van der Waals surface area contributed by atoms with Gasteiger partial charge in [0.15, 0.2) is 0 Å². The van der Waals surface area contributed by atoms with Crippen LogP contribution in [0.2, 0.25) is 0 Å². The lowest BCUT2D eigenvalue weighted by molar-refractivity contribution is -0.134. The van der Waals surface area contributed by atoms with Gasteiger partial charge in [-0.3, -0.25) is 9.69 Å². The molecule has 23 heavy (non-hydrogen) atoms. The second-order valence-electron chi connectivity index (χ2n) is 6.88. The lowest BCUT2D eigenvalue weighted by Crippen LogP contribution is -2.56. The molecule has 0 saturated carbocycles. The number of hydrogen-bond donors (Lipinski definition) is 1. The van der Waals surface area contributed by atoms with Crippen molar-refractivity contribution in [2.75, 3.05) is 26.2 Å². The lowest BCUT2D eigenvalue weighted by Gasteiger charge is -2.44. The zero-order valence-electron chi connectivity index (χ0n) is 13.6. The fourth-order valence-corrected chi connectivity index (χ4v) is 4.12. The van der Waals surface area contributed by atoms with Gasteiger partial charge in [0.25, 0.3) is 0 Å². The second-order valence-corrected chi connectivity index (χ2v) is 6.88. The Morgan fingerprint density at radius 1 is 1.17 bits per heavy atom. The Kier molecular flexibility index (Phi) is 4.08. The maximum atomic E-state index is 12.6. The van der Waals surface area contributed by atoms with E-state index >= 15 is 0 Å². The number of aryl methyl sites for hydroxylation is 1. The van der Waals surface area contributed by atoms with Crippen molar-refractivity contribution in [1.82, 2.24) is 14.8 Å². The fourth-order valence-electron chi connectivity index (χ4n) is 4.12. The van der Waals surface area contributed by atoms with Gasteiger partial charge in [0.05, 0.1) is 0 Å². The van der Waals surface area contributed by atoms with Crippen molar-refractivity contribution in [1.29, 1.82) is 0 Å². The molecule has 0 bridgehead atoms. The normalized spacial score (nSPS) is 22.3. The Balaban J connectivity index is 1.36. The summed E-state index contributed by atoms with van der Waals surface area (Å²) in [5.74, 6) is 0.320. The molecule has 0 aliphatic carbocycles. The molecule has 1 atom stereocenters. The number of hydrogen-bond acceptors (Lipinski definition) is 2. The van der Waals surface area contributed by atoms with Gasteiger partial charge in [-0.15, -0.1) is 0 Å². The third-order valence-corrected chi connectivity index (χ3v) is 5.47. The molecule has 2 aliphatic rings. The Bertz CT molecular complexity index is 693. The quantitative estimate of drug-likeness (QED) is 0.947. The number of rotatable bonds is 3. The topological polar surface area (TPSA) is 39.3 Å². The summed E-state index contributed by atoms with van der Waals surface area (Å²) in [6.45, 7) is 4.13. The first-order valence-electron chi connectivity index (χ1n) is 8.88. The summed E-state index contributed by atoms with van der Waals surface area (Å²) in [6, 6.07) is 8.92. The first kappa shape index (κ1) is 14.8. The largest absolute Gasteiger partial charge is 0.361 e. The van der Waals surface area contributed by atoms with Gasteiger partial charge < -0.3 is 9.88 Å². The summed E-state index contributed by atoms with van der Waals surface area (Å²) in [6.07, 6.45) is 7.40. The molecule has 1 N–H and O–H groups in total. The predicted molar refractivity (Wildman–Crippen MR) is 92.4 cm³/mol. The van der Waals surface area contributed by atoms with E-state index in [2.05, 4.69) is 39.2 Å². The maximum Gasteiger partial charge on any atom is 0.222 e. The number of aromatic nitrogens is 1. The number of fused-ring (bicyclic) bond motifs is 2. The number of para-hydroxylation sites is 1. The highest BCUT2D eigenvalue weighted by Gasteiger charge is 2.30. The van der Waals surface area contributed by atoms with Crippen molar-refractivity contribution >= 4 is 16.8 Å². The van der Waals surface area contributed by atoms with Crippen molar-refractivity contribution < 1.29 is 4.79 Å². The molecule has 2 fully saturated rings. The minimum Gasteiger partial charge on any atom is -0.361 e. The molecule has 2 saturated heterocycles. The zero-order chi connectivity index (χ0) is 15.6. The Hall–Kier alpha value is -1.81. The minimum absolute atomic E-state index is 0.320. The van der Waals surface area contributed by atoms with E-state index in [1.54, 1.807) is 0 Å². The second kappa shape index (κ2) is 6.36. The summed E-state index contributed by atoms with van der Waals surface area (Å²) in [5, 5.41) is 1.25. The van der Waals surface area contributed by atoms with Crippen LogP contribution in [0.1, 0.15) is 31.2 Å². The molecule has 1 amide bonds. The first-order chi connectivity index (χ1) is 11.3. The Morgan fingerprint density at radius 3 is 3.04 bits per heavy atom. The minimum atomic E-state index is 0.320. The number of amides is 1. The van der Waals surface area contributed by atoms with Gasteiger partial charge in [-0.1, -0.05) is 24.6 Å². The van der Waals surface area contributed by atoms with Crippen LogP contribution in [0, 0.1) is 0 Å². The molecular weight excluding hydrogens is 286 g/mol. The Labute approximate surface area is 137 Å². The van der Waals surface area contributed by atoms with E-state index in [9.17, 15) is 4.79 Å². The van der Waals surface area contributed by atoms with E-state index in [4.69, 9.17) is 0 Å². The number of benzene rings is 1. The van der Waals surface area contributed by atoms with Crippen LogP contribution in [0.15, 0.2) is 30.5 Å². The molecule has 4 nitrogen and oxygen atoms in total. The van der Waals surface area contributed by atoms with E-state index in [-0.39, 0.29) is 0 Å². The van der Waals surface area contributed by atoms with E-state index in [1.807, 2.05) is 6.07 Å². The smallest absolute Gasteiger partial charge is 0.222 e. The maximum absolute atomic E-state index is 12.6. The van der Waals surface area contributed by atoms with E-state index in [1.165, 1.54) is 36.8 Å². The van der Waals surface area contributed by atoms with Gasteiger partial charge in [0, 0.05) is 49.2 Å². The number of piperazine rings is 1. The molecule has 2 aromatic rings. The van der Waals surface area contributed by atoms with Crippen molar-refractivity contribution in [3.8, 4) is 0 Å². The van der Waals surface area contributed by atoms with Gasteiger partial charge in [-0.2, -0.15) is 0 Å². The highest BCUT2D eigenvalue weighted by atomic mass is 16.2. The number of nitrogens with one attached hydrogen (secondary N) is 1. The molecule has 1 aromatic carbocycles. The van der Waals surface area contributed by atoms with Crippen LogP contribution < -0.4 is 0 Å². The first-order valence-corrected chi connectivity index (χ1v) is 8.88. The number of carbonyl (C=O) groups is 1. The SMILES string of the molecule is O=C(CCc1c[nH]c2ccccc12)N1CCN2CCCC[C@@H]2C1. The average molecular weight is 311 g/mol. The van der Waals surface area contributed by atoms with Crippen LogP contribution in [0.3, 0.4) is 0 Å². The summed E-state index contributed by atoms with van der Waals surface area (Å²) < 4.78 is 0. The zero-order valence-corrected chi connectivity index (χ0v) is 13.6. The number of carbonyl (C=O) groups excluding carboxylic acids is 1.